The molecule has 2 atom stereocenters. The van der Waals surface area contributed by atoms with Crippen molar-refractivity contribution in [2.24, 2.45) is 4.99 Å². The van der Waals surface area contributed by atoms with E-state index in [2.05, 4.69) is 15.6 Å². The highest BCUT2D eigenvalue weighted by Gasteiger charge is 2.18. The molecule has 0 saturated heterocycles. The zero-order valence-electron chi connectivity index (χ0n) is 16.4. The third-order valence-electron chi connectivity index (χ3n) is 3.60. The summed E-state index contributed by atoms with van der Waals surface area (Å²) in [6.45, 7) is 10.9. The van der Waals surface area contributed by atoms with E-state index < -0.39 is 16.6 Å². The predicted octanol–water partition coefficient (Wildman–Crippen LogP) is 3.62. The molecule has 2 unspecified atom stereocenters. The van der Waals surface area contributed by atoms with Gasteiger partial charge in [0.2, 0.25) is 0 Å². The summed E-state index contributed by atoms with van der Waals surface area (Å²) in [7, 11) is 0.502. The van der Waals surface area contributed by atoms with Crippen molar-refractivity contribution in [2.75, 3.05) is 26.0 Å². The fourth-order valence-electron chi connectivity index (χ4n) is 2.11. The van der Waals surface area contributed by atoms with Crippen LogP contribution in [-0.2, 0) is 10.8 Å². The number of guanidine groups is 1. The summed E-state index contributed by atoms with van der Waals surface area (Å²) in [6.07, 6.45) is 0. The van der Waals surface area contributed by atoms with Crippen LogP contribution >= 0.6 is 24.0 Å². The van der Waals surface area contributed by atoms with Gasteiger partial charge in [-0.3, -0.25) is 9.20 Å². The fraction of sp³-hybridized carbons (Fsp3) is 0.611. The third kappa shape index (κ3) is 8.20. The van der Waals surface area contributed by atoms with Gasteiger partial charge in [-0.2, -0.15) is 0 Å². The highest BCUT2D eigenvalue weighted by atomic mass is 127. The molecule has 0 aliphatic rings. The second-order valence-electron chi connectivity index (χ2n) is 6.68. The predicted molar refractivity (Wildman–Crippen MR) is 119 cm³/mol. The van der Waals surface area contributed by atoms with Crippen LogP contribution < -0.4 is 15.4 Å². The summed E-state index contributed by atoms with van der Waals surface area (Å²) < 4.78 is 30.7. The smallest absolute Gasteiger partial charge is 0.191 e. The summed E-state index contributed by atoms with van der Waals surface area (Å²) in [6, 6.07) is 4.75. The molecule has 0 aromatic heterocycles. The normalized spacial score (nSPS) is 14.2. The van der Waals surface area contributed by atoms with Gasteiger partial charge >= 0.3 is 0 Å². The van der Waals surface area contributed by atoms with E-state index in [0.29, 0.717) is 24.8 Å². The van der Waals surface area contributed by atoms with Crippen molar-refractivity contribution >= 4 is 40.7 Å². The van der Waals surface area contributed by atoms with Gasteiger partial charge < -0.3 is 15.4 Å². The summed E-state index contributed by atoms with van der Waals surface area (Å²) in [5, 5.41) is 6.40. The van der Waals surface area contributed by atoms with Crippen LogP contribution in [0.1, 0.15) is 46.2 Å². The van der Waals surface area contributed by atoms with E-state index in [4.69, 9.17) is 4.74 Å². The van der Waals surface area contributed by atoms with Crippen molar-refractivity contribution in [3.8, 4) is 5.75 Å². The molecule has 0 fully saturated rings. The molecule has 1 aromatic carbocycles. The van der Waals surface area contributed by atoms with Gasteiger partial charge in [-0.05, 0) is 52.3 Å². The Morgan fingerprint density at radius 3 is 2.54 bits per heavy atom. The minimum Gasteiger partial charge on any atom is -0.494 e. The first-order valence-corrected chi connectivity index (χ1v) is 9.77. The lowest BCUT2D eigenvalue weighted by molar-refractivity contribution is 0.386. The van der Waals surface area contributed by atoms with Crippen LogP contribution in [0.4, 0.5) is 4.39 Å². The Morgan fingerprint density at radius 1 is 1.38 bits per heavy atom. The molecule has 1 aromatic rings. The van der Waals surface area contributed by atoms with Crippen LogP contribution in [0.5, 0.6) is 5.75 Å². The molecule has 8 heteroatoms. The molecule has 0 bridgehead atoms. The monoisotopic (exact) mass is 499 g/mol. The Kier molecular flexibility index (Phi) is 11.3. The van der Waals surface area contributed by atoms with Gasteiger partial charge in [0.05, 0.1) is 19.7 Å². The molecular weight excluding hydrogens is 468 g/mol. The number of rotatable bonds is 7. The Morgan fingerprint density at radius 2 is 2.04 bits per heavy atom. The van der Waals surface area contributed by atoms with Crippen LogP contribution in [-0.4, -0.2) is 40.9 Å². The highest BCUT2D eigenvalue weighted by Crippen LogP contribution is 2.21. The summed E-state index contributed by atoms with van der Waals surface area (Å²) >= 11 is 0. The van der Waals surface area contributed by atoms with E-state index >= 15 is 0 Å². The zero-order chi connectivity index (χ0) is 19.0. The molecule has 0 radical (unpaired) electrons. The number of aliphatic imine (C=N–C) groups is 1. The number of hydrogen-bond acceptors (Lipinski definition) is 3. The average molecular weight is 499 g/mol. The Balaban J connectivity index is 0.00000625. The van der Waals surface area contributed by atoms with Gasteiger partial charge in [-0.15, -0.1) is 24.0 Å². The third-order valence-corrected chi connectivity index (χ3v) is 5.52. The van der Waals surface area contributed by atoms with Gasteiger partial charge in [0.1, 0.15) is 0 Å². The molecule has 0 aliphatic carbocycles. The van der Waals surface area contributed by atoms with Crippen molar-refractivity contribution in [2.45, 2.75) is 45.4 Å². The average Bonchev–Trinajstić information content (AvgIpc) is 2.53. The lowest BCUT2D eigenvalue weighted by atomic mass is 10.1. The van der Waals surface area contributed by atoms with Gasteiger partial charge in [0.15, 0.2) is 17.5 Å². The van der Waals surface area contributed by atoms with E-state index in [1.54, 1.807) is 6.07 Å². The first-order valence-electron chi connectivity index (χ1n) is 8.45. The van der Waals surface area contributed by atoms with Crippen LogP contribution in [0.25, 0.3) is 0 Å². The van der Waals surface area contributed by atoms with Crippen LogP contribution in [0, 0.1) is 5.82 Å². The van der Waals surface area contributed by atoms with Gasteiger partial charge in [0.25, 0.3) is 0 Å². The van der Waals surface area contributed by atoms with Crippen LogP contribution in [0.2, 0.25) is 0 Å². The number of halogens is 2. The maximum atomic E-state index is 13.9. The van der Waals surface area contributed by atoms with Crippen LogP contribution in [0.15, 0.2) is 23.2 Å². The molecule has 5 nitrogen and oxygen atoms in total. The number of methoxy groups -OCH3 is 1. The Hall–Kier alpha value is -0.900. The molecule has 0 amide bonds. The first-order chi connectivity index (χ1) is 11.7. The molecule has 26 heavy (non-hydrogen) atoms. The van der Waals surface area contributed by atoms with E-state index in [0.717, 1.165) is 5.56 Å². The van der Waals surface area contributed by atoms with Crippen molar-refractivity contribution in [1.82, 2.24) is 10.6 Å². The lowest BCUT2D eigenvalue weighted by Gasteiger charge is -2.19. The largest absolute Gasteiger partial charge is 0.494 e. The molecule has 0 spiro atoms. The van der Waals surface area contributed by atoms with Crippen molar-refractivity contribution in [3.63, 3.8) is 0 Å². The Bertz CT molecular complexity index is 621. The standard InChI is InChI=1S/C18H30FN3O2S.HI/c1-7-20-17(21-10-11-25(23)18(3,4)5)22-13(2)14-8-9-16(24-6)15(19)12-14;/h8-9,12-13H,7,10-11H2,1-6H3,(H2,20,21,22);1H. The molecule has 150 valence electrons. The van der Waals surface area contributed by atoms with E-state index in [-0.39, 0.29) is 40.5 Å². The number of ether oxygens (including phenoxy) is 1. The van der Waals surface area contributed by atoms with Gasteiger partial charge in [-0.1, -0.05) is 6.07 Å². The minimum atomic E-state index is -0.939. The topological polar surface area (TPSA) is 62.7 Å². The number of hydrogen-bond donors (Lipinski definition) is 2. The second-order valence-corrected chi connectivity index (χ2v) is 9.01. The molecule has 2 N–H and O–H groups in total. The van der Waals surface area contributed by atoms with Gasteiger partial charge in [-0.25, -0.2) is 4.39 Å². The fourth-order valence-corrected chi connectivity index (χ4v) is 2.98. The van der Waals surface area contributed by atoms with Crippen LogP contribution in [0.3, 0.4) is 0 Å². The maximum Gasteiger partial charge on any atom is 0.191 e. The second kappa shape index (κ2) is 11.7. The zero-order valence-corrected chi connectivity index (χ0v) is 19.5. The maximum absolute atomic E-state index is 13.9. The number of benzene rings is 1. The highest BCUT2D eigenvalue weighted by molar-refractivity contribution is 14.0. The van der Waals surface area contributed by atoms with E-state index in [9.17, 15) is 8.60 Å². The van der Waals surface area contributed by atoms with Crippen molar-refractivity contribution in [3.05, 3.63) is 29.6 Å². The molecule has 1 rings (SSSR count). The summed E-state index contributed by atoms with van der Waals surface area (Å²) in [5.74, 6) is 0.959. The minimum absolute atomic E-state index is 0. The quantitative estimate of drug-likeness (QED) is 0.342. The molecule has 0 saturated carbocycles. The van der Waals surface area contributed by atoms with Gasteiger partial charge in [0, 0.05) is 27.8 Å². The first kappa shape index (κ1) is 25.1. The van der Waals surface area contributed by atoms with Crippen molar-refractivity contribution in [1.29, 1.82) is 0 Å². The summed E-state index contributed by atoms with van der Waals surface area (Å²) in [5.41, 5.74) is 0.794. The lowest BCUT2D eigenvalue weighted by Crippen LogP contribution is -2.39. The molecular formula is C18H31FIN3O2S. The molecule has 0 heterocycles. The molecule has 0 aliphatic heterocycles. The van der Waals surface area contributed by atoms with Crippen molar-refractivity contribution < 1.29 is 13.3 Å². The number of nitrogens with zero attached hydrogens (tertiary/aromatic N) is 1. The SMILES string of the molecule is CCNC(=NCCS(=O)C(C)(C)C)NC(C)c1ccc(OC)c(F)c1.I. The van der Waals surface area contributed by atoms with E-state index in [1.165, 1.54) is 13.2 Å². The summed E-state index contributed by atoms with van der Waals surface area (Å²) in [4.78, 5) is 4.47. The number of nitrogens with one attached hydrogen (secondary N) is 2. The Labute approximate surface area is 176 Å². The van der Waals surface area contributed by atoms with E-state index in [1.807, 2.05) is 40.7 Å².